The monoisotopic (exact) mass is 270 g/mol. The van der Waals surface area contributed by atoms with Gasteiger partial charge in [-0.05, 0) is 13.0 Å². The van der Waals surface area contributed by atoms with Gasteiger partial charge in [-0.25, -0.2) is 0 Å². The van der Waals surface area contributed by atoms with Gasteiger partial charge in [-0.15, -0.1) is 0 Å². The molecule has 0 saturated heterocycles. The molecule has 0 saturated carbocycles. The van der Waals surface area contributed by atoms with Gasteiger partial charge in [0.15, 0.2) is 0 Å². The molecule has 0 heterocycles. The van der Waals surface area contributed by atoms with E-state index in [4.69, 9.17) is 4.65 Å². The van der Waals surface area contributed by atoms with Gasteiger partial charge in [0.1, 0.15) is 0 Å². The molecule has 100 valence electrons. The van der Waals surface area contributed by atoms with Gasteiger partial charge in [0.05, 0.1) is 11.1 Å². The molecule has 1 aromatic carbocycles. The Bertz CT molecular complexity index is 380. The lowest BCUT2D eigenvalue weighted by Gasteiger charge is -2.13. The Hall–Kier alpha value is -1.18. The smallest absolute Gasteiger partial charge is 0.416 e. The van der Waals surface area contributed by atoms with Crippen molar-refractivity contribution in [1.82, 2.24) is 0 Å². The van der Waals surface area contributed by atoms with Crippen molar-refractivity contribution in [1.29, 1.82) is 0 Å². The third-order valence-corrected chi connectivity index (χ3v) is 2.12. The fourth-order valence-corrected chi connectivity index (χ4v) is 1.32. The van der Waals surface area contributed by atoms with Crippen LogP contribution in [-0.4, -0.2) is 14.1 Å². The molecule has 0 spiro atoms. The highest BCUT2D eigenvalue weighted by Gasteiger charge is 2.36. The first kappa shape index (κ1) is 14.9. The highest BCUT2D eigenvalue weighted by molar-refractivity contribution is 6.47. The fourth-order valence-electron chi connectivity index (χ4n) is 1.32. The molecule has 1 nitrogen and oxygen atoms in total. The topological polar surface area (TPSA) is 9.23 Å². The first-order chi connectivity index (χ1) is 8.14. The number of benzene rings is 1. The third-order valence-electron chi connectivity index (χ3n) is 2.12. The summed E-state index contributed by atoms with van der Waals surface area (Å²) in [5.41, 5.74) is -2.81. The van der Waals surface area contributed by atoms with E-state index in [1.165, 1.54) is 0 Å². The van der Waals surface area contributed by atoms with Crippen molar-refractivity contribution in [3.05, 3.63) is 29.3 Å². The SMILES string of the molecule is CCOBc1cc(C(F)(F)F)cc(C(F)(F)F)c1. The summed E-state index contributed by atoms with van der Waals surface area (Å²) in [5.74, 6) is 0. The molecule has 0 atom stereocenters. The molecule has 0 aliphatic carbocycles. The van der Waals surface area contributed by atoms with Gasteiger partial charge in [0, 0.05) is 6.61 Å². The van der Waals surface area contributed by atoms with Crippen LogP contribution < -0.4 is 5.46 Å². The van der Waals surface area contributed by atoms with Gasteiger partial charge in [0.2, 0.25) is 0 Å². The van der Waals surface area contributed by atoms with Crippen LogP contribution in [0.3, 0.4) is 0 Å². The van der Waals surface area contributed by atoms with Crippen molar-refractivity contribution in [3.8, 4) is 0 Å². The van der Waals surface area contributed by atoms with Gasteiger partial charge < -0.3 is 4.65 Å². The maximum Gasteiger partial charge on any atom is 0.416 e. The molecule has 0 N–H and O–H groups in total. The Kier molecular flexibility index (Phi) is 4.31. The predicted molar refractivity (Wildman–Crippen MR) is 54.9 cm³/mol. The van der Waals surface area contributed by atoms with E-state index >= 15 is 0 Å². The summed E-state index contributed by atoms with van der Waals surface area (Å²) >= 11 is 0. The van der Waals surface area contributed by atoms with Crippen LogP contribution in [0.4, 0.5) is 26.3 Å². The standard InChI is InChI=1S/C10H9BF6O/c1-2-18-11-8-4-6(9(12,13)14)3-7(5-8)10(15,16)17/h3-5,11H,2H2,1H3. The molecular weight excluding hydrogens is 261 g/mol. The molecule has 8 heteroatoms. The van der Waals surface area contributed by atoms with Crippen molar-refractivity contribution in [3.63, 3.8) is 0 Å². The van der Waals surface area contributed by atoms with Crippen LogP contribution in [0.15, 0.2) is 18.2 Å². The second-order valence-corrected chi connectivity index (χ2v) is 3.55. The van der Waals surface area contributed by atoms with Crippen LogP contribution in [0.25, 0.3) is 0 Å². The largest absolute Gasteiger partial charge is 0.435 e. The van der Waals surface area contributed by atoms with Crippen molar-refractivity contribution in [2.24, 2.45) is 0 Å². The maximum absolute atomic E-state index is 12.5. The minimum Gasteiger partial charge on any atom is -0.435 e. The Balaban J connectivity index is 3.21. The highest BCUT2D eigenvalue weighted by atomic mass is 19.4. The van der Waals surface area contributed by atoms with Crippen molar-refractivity contribution < 1.29 is 31.0 Å². The second-order valence-electron chi connectivity index (χ2n) is 3.55. The molecular formula is C10H9BF6O. The van der Waals surface area contributed by atoms with Crippen LogP contribution in [0.5, 0.6) is 0 Å². The van der Waals surface area contributed by atoms with Crippen molar-refractivity contribution in [2.45, 2.75) is 19.3 Å². The first-order valence-corrected chi connectivity index (χ1v) is 5.00. The van der Waals surface area contributed by atoms with Crippen LogP contribution in [-0.2, 0) is 17.0 Å². The fraction of sp³-hybridized carbons (Fsp3) is 0.400. The molecule has 0 bridgehead atoms. The highest BCUT2D eigenvalue weighted by Crippen LogP contribution is 2.34. The molecule has 1 rings (SSSR count). The van der Waals surface area contributed by atoms with Crippen LogP contribution in [0.2, 0.25) is 0 Å². The summed E-state index contributed by atoms with van der Waals surface area (Å²) in [4.78, 5) is 0. The summed E-state index contributed by atoms with van der Waals surface area (Å²) in [7, 11) is -0.288. The van der Waals surface area contributed by atoms with Crippen molar-refractivity contribution >= 4 is 12.9 Å². The zero-order valence-electron chi connectivity index (χ0n) is 9.32. The van der Waals surface area contributed by atoms with Crippen LogP contribution in [0, 0.1) is 0 Å². The van der Waals surface area contributed by atoms with Crippen molar-refractivity contribution in [2.75, 3.05) is 6.61 Å². The Morgan fingerprint density at radius 1 is 0.944 bits per heavy atom. The summed E-state index contributed by atoms with van der Waals surface area (Å²) < 4.78 is 79.5. The summed E-state index contributed by atoms with van der Waals surface area (Å²) in [6, 6.07) is 1.41. The summed E-state index contributed by atoms with van der Waals surface area (Å²) in [6.07, 6.45) is -9.63. The number of alkyl halides is 6. The van der Waals surface area contributed by atoms with Gasteiger partial charge in [-0.3, -0.25) is 0 Å². The predicted octanol–water partition coefficient (Wildman–Crippen LogP) is 2.74. The molecule has 0 amide bonds. The quantitative estimate of drug-likeness (QED) is 0.606. The zero-order valence-corrected chi connectivity index (χ0v) is 9.32. The zero-order chi connectivity index (χ0) is 14.0. The van der Waals surface area contributed by atoms with Gasteiger partial charge in [-0.2, -0.15) is 26.3 Å². The van der Waals surface area contributed by atoms with E-state index in [2.05, 4.69) is 0 Å². The van der Waals surface area contributed by atoms with E-state index in [0.717, 1.165) is 0 Å². The van der Waals surface area contributed by atoms with E-state index in [1.54, 1.807) is 6.92 Å². The minimum absolute atomic E-state index is 0.0927. The van der Waals surface area contributed by atoms with E-state index in [-0.39, 0.29) is 25.6 Å². The molecule has 0 aliphatic rings. The van der Waals surface area contributed by atoms with E-state index in [0.29, 0.717) is 12.1 Å². The van der Waals surface area contributed by atoms with Crippen LogP contribution in [0.1, 0.15) is 18.1 Å². The van der Waals surface area contributed by atoms with Gasteiger partial charge >= 0.3 is 19.8 Å². The normalized spacial score (nSPS) is 12.6. The Morgan fingerprint density at radius 2 is 1.39 bits per heavy atom. The molecule has 0 unspecified atom stereocenters. The Morgan fingerprint density at radius 3 is 1.72 bits per heavy atom. The molecule has 18 heavy (non-hydrogen) atoms. The maximum atomic E-state index is 12.5. The average Bonchev–Trinajstić information content (AvgIpc) is 2.23. The first-order valence-electron chi connectivity index (χ1n) is 5.00. The van der Waals surface area contributed by atoms with Crippen LogP contribution >= 0.6 is 0 Å². The van der Waals surface area contributed by atoms with E-state index in [9.17, 15) is 26.3 Å². The second kappa shape index (κ2) is 5.21. The molecule has 0 fully saturated rings. The lowest BCUT2D eigenvalue weighted by Crippen LogP contribution is -2.23. The Labute approximate surface area is 100 Å². The average molecular weight is 270 g/mol. The summed E-state index contributed by atoms with van der Waals surface area (Å²) in [5, 5.41) is 0. The number of rotatable bonds is 3. The molecule has 0 radical (unpaired) electrons. The number of halogens is 6. The van der Waals surface area contributed by atoms with Gasteiger partial charge in [-0.1, -0.05) is 17.6 Å². The molecule has 0 aliphatic heterocycles. The number of hydrogen-bond donors (Lipinski definition) is 0. The van der Waals surface area contributed by atoms with E-state index < -0.39 is 23.5 Å². The molecule has 1 aromatic rings. The number of hydrogen-bond acceptors (Lipinski definition) is 1. The molecule has 0 aromatic heterocycles. The lowest BCUT2D eigenvalue weighted by atomic mass is 9.85. The summed E-state index contributed by atoms with van der Waals surface area (Å²) in [6.45, 7) is 1.80. The lowest BCUT2D eigenvalue weighted by molar-refractivity contribution is -0.142. The third kappa shape index (κ3) is 3.94. The van der Waals surface area contributed by atoms with E-state index in [1.807, 2.05) is 0 Å². The minimum atomic E-state index is -4.82. The van der Waals surface area contributed by atoms with Gasteiger partial charge in [0.25, 0.3) is 0 Å².